The number of aromatic nitrogens is 1. The second-order valence-electron chi connectivity index (χ2n) is 12.2. The van der Waals surface area contributed by atoms with Crippen LogP contribution >= 0.6 is 0 Å². The molecular weight excluding hydrogens is 633 g/mol. The molecule has 13 heteroatoms. The Bertz CT molecular complexity index is 1890. The Kier molecular flexibility index (Phi) is 9.43. The lowest BCUT2D eigenvalue weighted by Gasteiger charge is -2.33. The number of hydrogen-bond donors (Lipinski definition) is 2. The summed E-state index contributed by atoms with van der Waals surface area (Å²) in [6, 6.07) is 16.7. The molecule has 0 spiro atoms. The number of benzene rings is 3. The van der Waals surface area contributed by atoms with Crippen LogP contribution in [-0.2, 0) is 50.0 Å². The third kappa shape index (κ3) is 7.15. The number of alkyl halides is 3. The molecule has 0 fully saturated rings. The number of sulfonamides is 1. The molecular formula is C34H37F3N4O5S. The smallest absolute Gasteiger partial charge is 0.416 e. The minimum Gasteiger partial charge on any atom is -0.461 e. The highest BCUT2D eigenvalue weighted by Crippen LogP contribution is 2.37. The van der Waals surface area contributed by atoms with Crippen molar-refractivity contribution >= 4 is 39.0 Å². The molecule has 4 aromatic rings. The van der Waals surface area contributed by atoms with E-state index in [1.54, 1.807) is 36.7 Å². The van der Waals surface area contributed by atoms with Crippen LogP contribution in [0.1, 0.15) is 53.4 Å². The summed E-state index contributed by atoms with van der Waals surface area (Å²) >= 11 is 0. The third-order valence-corrected chi connectivity index (χ3v) is 10.3. The van der Waals surface area contributed by atoms with Crippen LogP contribution in [0.25, 0.3) is 10.9 Å². The molecule has 1 aliphatic heterocycles. The lowest BCUT2D eigenvalue weighted by molar-refractivity contribution is -0.138. The minimum atomic E-state index is -4.51. The predicted octanol–water partition coefficient (Wildman–Crippen LogP) is 5.37. The molecule has 1 aromatic heterocycles. The Hall–Kier alpha value is -4.36. The number of carbonyl (C=O) groups is 2. The fourth-order valence-electron chi connectivity index (χ4n) is 5.95. The van der Waals surface area contributed by atoms with Gasteiger partial charge in [0.25, 0.3) is 22.4 Å². The second-order valence-corrected chi connectivity index (χ2v) is 14.2. The summed E-state index contributed by atoms with van der Waals surface area (Å²) in [5, 5.41) is 6.99. The number of halogens is 3. The van der Waals surface area contributed by atoms with E-state index in [4.69, 9.17) is 4.74 Å². The number of amides is 1. The van der Waals surface area contributed by atoms with Gasteiger partial charge in [0.15, 0.2) is 0 Å². The van der Waals surface area contributed by atoms with Crippen LogP contribution in [0.4, 0.5) is 18.9 Å². The molecule has 0 radical (unpaired) electrons. The first kappa shape index (κ1) is 34.0. The van der Waals surface area contributed by atoms with Gasteiger partial charge in [0.1, 0.15) is 12.0 Å². The summed E-state index contributed by atoms with van der Waals surface area (Å²) in [7, 11) is -2.21. The quantitative estimate of drug-likeness (QED) is 0.196. The fraction of sp³-hybridized carbons (Fsp3) is 0.353. The van der Waals surface area contributed by atoms with Gasteiger partial charge in [-0.05, 0) is 67.6 Å². The lowest BCUT2D eigenvalue weighted by Crippen LogP contribution is -2.52. The van der Waals surface area contributed by atoms with E-state index in [1.807, 2.05) is 37.3 Å². The molecule has 2 N–H and O–H groups in total. The normalized spacial score (nSPS) is 15.7. The van der Waals surface area contributed by atoms with Crippen molar-refractivity contribution in [2.24, 2.45) is 0 Å². The zero-order valence-corrected chi connectivity index (χ0v) is 27.3. The number of anilines is 1. The number of ether oxygens (including phenoxy) is 1. The largest absolute Gasteiger partial charge is 0.461 e. The molecule has 0 aliphatic carbocycles. The van der Waals surface area contributed by atoms with Crippen molar-refractivity contribution in [3.8, 4) is 0 Å². The van der Waals surface area contributed by atoms with E-state index in [0.29, 0.717) is 17.7 Å². The highest BCUT2D eigenvalue weighted by atomic mass is 32.2. The van der Waals surface area contributed by atoms with Gasteiger partial charge in [-0.15, -0.1) is 0 Å². The first-order chi connectivity index (χ1) is 22.1. The maximum atomic E-state index is 14.0. The number of rotatable bonds is 12. The first-order valence-corrected chi connectivity index (χ1v) is 16.7. The Balaban J connectivity index is 1.47. The zero-order chi connectivity index (χ0) is 34.1. The van der Waals surface area contributed by atoms with Gasteiger partial charge in [0.2, 0.25) is 0 Å². The summed E-state index contributed by atoms with van der Waals surface area (Å²) in [6.45, 7) is 5.66. The van der Waals surface area contributed by atoms with Crippen LogP contribution in [0, 0.1) is 0 Å². The molecule has 9 nitrogen and oxygen atoms in total. The zero-order valence-electron chi connectivity index (χ0n) is 26.5. The van der Waals surface area contributed by atoms with Crippen molar-refractivity contribution in [1.29, 1.82) is 0 Å². The maximum Gasteiger partial charge on any atom is 0.416 e. The second kappa shape index (κ2) is 13.0. The molecule has 0 unspecified atom stereocenters. The number of carbonyl (C=O) groups excluding carboxylic acids is 2. The van der Waals surface area contributed by atoms with E-state index < -0.39 is 45.4 Å². The van der Waals surface area contributed by atoms with Gasteiger partial charge < -0.3 is 19.9 Å². The predicted molar refractivity (Wildman–Crippen MR) is 173 cm³/mol. The summed E-state index contributed by atoms with van der Waals surface area (Å²) in [6.07, 6.45) is -2.77. The average Bonchev–Trinajstić information content (AvgIpc) is 3.38. The van der Waals surface area contributed by atoms with Gasteiger partial charge in [-0.1, -0.05) is 49.4 Å². The third-order valence-electron chi connectivity index (χ3n) is 8.69. The fourth-order valence-corrected chi connectivity index (χ4v) is 7.12. The Labute approximate surface area is 271 Å². The number of nitrogens with one attached hydrogen (secondary N) is 2. The molecule has 0 saturated carbocycles. The minimum absolute atomic E-state index is 0.00609. The summed E-state index contributed by atoms with van der Waals surface area (Å²) in [5.74, 6) is -0.710. The van der Waals surface area contributed by atoms with Crippen molar-refractivity contribution in [1.82, 2.24) is 15.2 Å². The first-order valence-electron chi connectivity index (χ1n) is 15.1. The molecule has 0 saturated heterocycles. The molecule has 2 heterocycles. The van der Waals surface area contributed by atoms with Crippen molar-refractivity contribution in [2.75, 3.05) is 17.9 Å². The number of hydrogen-bond acceptors (Lipinski definition) is 6. The van der Waals surface area contributed by atoms with Gasteiger partial charge in [0.05, 0.1) is 22.8 Å². The van der Waals surface area contributed by atoms with E-state index >= 15 is 0 Å². The number of aryl methyl sites for hydroxylation is 1. The summed E-state index contributed by atoms with van der Waals surface area (Å²) in [5.41, 5.74) is 1.69. The van der Waals surface area contributed by atoms with Crippen molar-refractivity contribution in [2.45, 2.75) is 63.4 Å². The molecule has 5 rings (SSSR count). The standard InChI is InChI=1S/C34H37F3N4O5S/c1-5-23-19-41-20-47(44,45)40(4)29-16-24(15-27(23)31(29)41)32(43)39-28(14-22-10-7-6-8-11-22)30(46-21-42)18-38-33(2,3)25-12-9-13-26(17-25)34(35,36)37/h6-13,15-17,19,21,28,30,38H,5,14,18,20H2,1-4H3,(H,39,43)/t28-,30+/m0/s1. The highest BCUT2D eigenvalue weighted by Gasteiger charge is 2.34. The molecule has 0 bridgehead atoms. The molecule has 1 aliphatic rings. The summed E-state index contributed by atoms with van der Waals surface area (Å²) < 4.78 is 74.5. The molecule has 47 heavy (non-hydrogen) atoms. The molecule has 250 valence electrons. The van der Waals surface area contributed by atoms with Crippen LogP contribution in [0.3, 0.4) is 0 Å². The van der Waals surface area contributed by atoms with Gasteiger partial charge in [-0.3, -0.25) is 13.9 Å². The van der Waals surface area contributed by atoms with Gasteiger partial charge in [-0.25, -0.2) is 8.42 Å². The molecule has 3 aromatic carbocycles. The topological polar surface area (TPSA) is 110 Å². The monoisotopic (exact) mass is 670 g/mol. The Morgan fingerprint density at radius 2 is 1.74 bits per heavy atom. The van der Waals surface area contributed by atoms with Crippen molar-refractivity contribution < 1.29 is 35.9 Å². The lowest BCUT2D eigenvalue weighted by atomic mass is 9.91. The van der Waals surface area contributed by atoms with E-state index in [0.717, 1.165) is 34.2 Å². The van der Waals surface area contributed by atoms with Gasteiger partial charge in [0, 0.05) is 36.3 Å². The van der Waals surface area contributed by atoms with Crippen LogP contribution in [0.2, 0.25) is 0 Å². The maximum absolute atomic E-state index is 14.0. The Morgan fingerprint density at radius 1 is 1.04 bits per heavy atom. The van der Waals surface area contributed by atoms with Crippen LogP contribution < -0.4 is 14.9 Å². The van der Waals surface area contributed by atoms with E-state index in [9.17, 15) is 31.2 Å². The van der Waals surface area contributed by atoms with E-state index in [-0.39, 0.29) is 30.9 Å². The van der Waals surface area contributed by atoms with Gasteiger partial charge >= 0.3 is 6.18 Å². The van der Waals surface area contributed by atoms with Crippen LogP contribution in [0.5, 0.6) is 0 Å². The molecule has 2 atom stereocenters. The van der Waals surface area contributed by atoms with Gasteiger partial charge in [-0.2, -0.15) is 13.2 Å². The number of nitrogens with zero attached hydrogens (tertiary/aromatic N) is 2. The van der Waals surface area contributed by atoms with Crippen LogP contribution in [-0.4, -0.2) is 51.1 Å². The van der Waals surface area contributed by atoms with Crippen molar-refractivity contribution in [3.63, 3.8) is 0 Å². The average molecular weight is 671 g/mol. The van der Waals surface area contributed by atoms with E-state index in [2.05, 4.69) is 10.6 Å². The van der Waals surface area contributed by atoms with E-state index in [1.165, 1.54) is 23.5 Å². The highest BCUT2D eigenvalue weighted by molar-refractivity contribution is 7.91. The Morgan fingerprint density at radius 3 is 2.40 bits per heavy atom. The summed E-state index contributed by atoms with van der Waals surface area (Å²) in [4.78, 5) is 25.7. The van der Waals surface area contributed by atoms with Crippen molar-refractivity contribution in [3.05, 3.63) is 101 Å². The SMILES string of the molecule is CCc1cn2c3c(cc(C(=O)N[C@@H](Cc4ccccc4)[C@@H](CNC(C)(C)c4cccc(C(F)(F)F)c4)OC=O)cc13)N(C)S(=O)(=O)C2. The molecule has 1 amide bonds. The van der Waals surface area contributed by atoms with Crippen LogP contribution in [0.15, 0.2) is 72.9 Å².